The fraction of sp³-hybridized carbons (Fsp3) is 0.381. The Balaban J connectivity index is 1.52. The lowest BCUT2D eigenvalue weighted by Crippen LogP contribution is -2.41. The fourth-order valence-electron chi connectivity index (χ4n) is 3.22. The van der Waals surface area contributed by atoms with E-state index < -0.39 is 0 Å². The molecule has 4 heteroatoms. The number of para-hydroxylation sites is 1. The van der Waals surface area contributed by atoms with Gasteiger partial charge in [0, 0.05) is 26.1 Å². The summed E-state index contributed by atoms with van der Waals surface area (Å²) in [7, 11) is 1.82. The molecule has 132 valence electrons. The van der Waals surface area contributed by atoms with Crippen molar-refractivity contribution < 1.29 is 4.74 Å². The molecule has 2 aromatic carbocycles. The normalized spacial score (nSPS) is 18.0. The summed E-state index contributed by atoms with van der Waals surface area (Å²) in [6.45, 7) is 4.72. The smallest absolute Gasteiger partial charge is 0.191 e. The summed E-state index contributed by atoms with van der Waals surface area (Å²) in [5.74, 6) is 2.76. The Kier molecular flexibility index (Phi) is 5.94. The van der Waals surface area contributed by atoms with Gasteiger partial charge in [-0.1, -0.05) is 55.5 Å². The lowest BCUT2D eigenvalue weighted by Gasteiger charge is -2.26. The van der Waals surface area contributed by atoms with Crippen molar-refractivity contribution >= 4 is 5.96 Å². The molecule has 4 nitrogen and oxygen atoms in total. The van der Waals surface area contributed by atoms with Crippen molar-refractivity contribution in [3.8, 4) is 5.75 Å². The molecule has 0 amide bonds. The van der Waals surface area contributed by atoms with E-state index in [1.165, 1.54) is 11.1 Å². The number of rotatable bonds is 5. The quantitative estimate of drug-likeness (QED) is 0.648. The van der Waals surface area contributed by atoms with E-state index in [4.69, 9.17) is 4.74 Å². The third-order valence-electron chi connectivity index (χ3n) is 4.77. The molecule has 25 heavy (non-hydrogen) atoms. The summed E-state index contributed by atoms with van der Waals surface area (Å²) in [5.41, 5.74) is 2.62. The average molecular weight is 337 g/mol. The zero-order valence-corrected chi connectivity index (χ0v) is 15.0. The summed E-state index contributed by atoms with van der Waals surface area (Å²) in [4.78, 5) is 4.36. The zero-order chi connectivity index (χ0) is 17.5. The summed E-state index contributed by atoms with van der Waals surface area (Å²) in [6, 6.07) is 18.9. The van der Waals surface area contributed by atoms with Crippen molar-refractivity contribution in [2.24, 2.45) is 4.99 Å². The van der Waals surface area contributed by atoms with Gasteiger partial charge in [-0.15, -0.1) is 0 Å². The predicted molar refractivity (Wildman–Crippen MR) is 104 cm³/mol. The molecule has 2 aromatic rings. The monoisotopic (exact) mass is 337 g/mol. The van der Waals surface area contributed by atoms with Crippen LogP contribution in [0.1, 0.15) is 36.3 Å². The highest BCUT2D eigenvalue weighted by Gasteiger charge is 2.21. The van der Waals surface area contributed by atoms with Gasteiger partial charge in [0.05, 0.1) is 6.61 Å². The number of hydrogen-bond acceptors (Lipinski definition) is 2. The van der Waals surface area contributed by atoms with Gasteiger partial charge in [0.1, 0.15) is 5.75 Å². The van der Waals surface area contributed by atoms with E-state index in [1.807, 2.05) is 13.1 Å². The second-order valence-corrected chi connectivity index (χ2v) is 6.52. The number of nitrogens with zero attached hydrogens (tertiary/aromatic N) is 1. The Morgan fingerprint density at radius 3 is 2.68 bits per heavy atom. The number of benzene rings is 2. The largest absolute Gasteiger partial charge is 0.493 e. The molecule has 2 unspecified atom stereocenters. The number of hydrogen-bond donors (Lipinski definition) is 2. The van der Waals surface area contributed by atoms with Gasteiger partial charge in [-0.05, 0) is 29.5 Å². The average Bonchev–Trinajstić information content (AvgIpc) is 2.68. The number of aliphatic imine (C=N–C) groups is 1. The molecule has 0 aliphatic carbocycles. The van der Waals surface area contributed by atoms with Crippen molar-refractivity contribution in [3.05, 3.63) is 65.7 Å². The lowest BCUT2D eigenvalue weighted by molar-refractivity contribution is 0.267. The third-order valence-corrected chi connectivity index (χ3v) is 4.77. The highest BCUT2D eigenvalue weighted by molar-refractivity contribution is 5.79. The second kappa shape index (κ2) is 8.56. The number of guanidine groups is 1. The first-order valence-corrected chi connectivity index (χ1v) is 8.99. The van der Waals surface area contributed by atoms with Crippen LogP contribution in [0.4, 0.5) is 0 Å². The van der Waals surface area contributed by atoms with E-state index in [9.17, 15) is 0 Å². The summed E-state index contributed by atoms with van der Waals surface area (Å²) >= 11 is 0. The topological polar surface area (TPSA) is 45.7 Å². The molecule has 1 heterocycles. The number of nitrogens with one attached hydrogen (secondary N) is 2. The number of fused-ring (bicyclic) bond motifs is 1. The molecule has 0 radical (unpaired) electrons. The summed E-state index contributed by atoms with van der Waals surface area (Å²) in [5, 5.41) is 6.91. The maximum atomic E-state index is 5.74. The Labute approximate surface area is 150 Å². The van der Waals surface area contributed by atoms with Crippen molar-refractivity contribution in [3.63, 3.8) is 0 Å². The SMILES string of the molecule is CN=C(NCC(C)c1ccccc1)NCC1CCOc2ccccc21. The fourth-order valence-corrected chi connectivity index (χ4v) is 3.22. The molecule has 0 saturated carbocycles. The molecule has 2 atom stereocenters. The van der Waals surface area contributed by atoms with E-state index in [0.29, 0.717) is 11.8 Å². The predicted octanol–water partition coefficient (Wildman–Crippen LogP) is 3.52. The molecule has 2 N–H and O–H groups in total. The highest BCUT2D eigenvalue weighted by atomic mass is 16.5. The summed E-state index contributed by atoms with van der Waals surface area (Å²) < 4.78 is 5.74. The minimum Gasteiger partial charge on any atom is -0.493 e. The van der Waals surface area contributed by atoms with Crippen LogP contribution in [0.5, 0.6) is 5.75 Å². The molecular weight excluding hydrogens is 310 g/mol. The van der Waals surface area contributed by atoms with Gasteiger partial charge in [-0.25, -0.2) is 0 Å². The van der Waals surface area contributed by atoms with Crippen LogP contribution >= 0.6 is 0 Å². The standard InChI is InChI=1S/C21H27N3O/c1-16(17-8-4-3-5-9-17)14-23-21(22-2)24-15-18-12-13-25-20-11-7-6-10-19(18)20/h3-11,16,18H,12-15H2,1-2H3,(H2,22,23,24). The van der Waals surface area contributed by atoms with Crippen molar-refractivity contribution in [1.82, 2.24) is 10.6 Å². The van der Waals surface area contributed by atoms with Crippen LogP contribution in [-0.4, -0.2) is 32.7 Å². The third kappa shape index (κ3) is 4.53. The maximum absolute atomic E-state index is 5.74. The first-order chi connectivity index (χ1) is 12.3. The first kappa shape index (κ1) is 17.3. The van der Waals surface area contributed by atoms with Gasteiger partial charge in [0.15, 0.2) is 5.96 Å². The van der Waals surface area contributed by atoms with Crippen LogP contribution in [0, 0.1) is 0 Å². The molecule has 1 aliphatic heterocycles. The Morgan fingerprint density at radius 2 is 1.88 bits per heavy atom. The minimum absolute atomic E-state index is 0.434. The Morgan fingerprint density at radius 1 is 1.12 bits per heavy atom. The van der Waals surface area contributed by atoms with Crippen LogP contribution in [0.2, 0.25) is 0 Å². The molecule has 3 rings (SSSR count). The van der Waals surface area contributed by atoms with Gasteiger partial charge >= 0.3 is 0 Å². The molecule has 0 fully saturated rings. The first-order valence-electron chi connectivity index (χ1n) is 8.99. The van der Waals surface area contributed by atoms with Crippen molar-refractivity contribution in [2.45, 2.75) is 25.2 Å². The Hall–Kier alpha value is -2.49. The minimum atomic E-state index is 0.434. The van der Waals surface area contributed by atoms with E-state index in [0.717, 1.165) is 37.8 Å². The molecule has 0 bridgehead atoms. The molecule has 0 spiro atoms. The lowest BCUT2D eigenvalue weighted by atomic mass is 9.93. The molecular formula is C21H27N3O. The van der Waals surface area contributed by atoms with Crippen LogP contribution in [-0.2, 0) is 0 Å². The maximum Gasteiger partial charge on any atom is 0.191 e. The van der Waals surface area contributed by atoms with Crippen LogP contribution in [0.25, 0.3) is 0 Å². The van der Waals surface area contributed by atoms with Crippen molar-refractivity contribution in [1.29, 1.82) is 0 Å². The van der Waals surface area contributed by atoms with Gasteiger partial charge in [0.25, 0.3) is 0 Å². The second-order valence-electron chi connectivity index (χ2n) is 6.52. The van der Waals surface area contributed by atoms with Gasteiger partial charge in [-0.3, -0.25) is 4.99 Å². The highest BCUT2D eigenvalue weighted by Crippen LogP contribution is 2.32. The van der Waals surface area contributed by atoms with E-state index >= 15 is 0 Å². The number of ether oxygens (including phenoxy) is 1. The molecule has 0 aromatic heterocycles. The molecule has 0 saturated heterocycles. The van der Waals surface area contributed by atoms with Crippen molar-refractivity contribution in [2.75, 3.05) is 26.7 Å². The van der Waals surface area contributed by atoms with E-state index in [1.54, 1.807) is 0 Å². The molecule has 1 aliphatic rings. The van der Waals surface area contributed by atoms with Gasteiger partial charge in [0.2, 0.25) is 0 Å². The van der Waals surface area contributed by atoms with Gasteiger partial charge < -0.3 is 15.4 Å². The van der Waals surface area contributed by atoms with E-state index in [2.05, 4.69) is 71.1 Å². The summed E-state index contributed by atoms with van der Waals surface area (Å²) in [6.07, 6.45) is 1.03. The van der Waals surface area contributed by atoms with Crippen LogP contribution in [0.3, 0.4) is 0 Å². The Bertz CT molecular complexity index is 699. The van der Waals surface area contributed by atoms with Crippen LogP contribution in [0.15, 0.2) is 59.6 Å². The van der Waals surface area contributed by atoms with E-state index in [-0.39, 0.29) is 0 Å². The van der Waals surface area contributed by atoms with Gasteiger partial charge in [-0.2, -0.15) is 0 Å². The van der Waals surface area contributed by atoms with Crippen LogP contribution < -0.4 is 15.4 Å². The zero-order valence-electron chi connectivity index (χ0n) is 15.0.